The molecule has 1 amide bonds. The molecule has 1 aromatic rings. The molecule has 140 valence electrons. The summed E-state index contributed by atoms with van der Waals surface area (Å²) in [5, 5.41) is 0. The molecule has 0 unspecified atom stereocenters. The van der Waals surface area contributed by atoms with Crippen LogP contribution in [0.2, 0.25) is 0 Å². The zero-order valence-corrected chi connectivity index (χ0v) is 14.1. The molecule has 0 radical (unpaired) electrons. The second-order valence-electron chi connectivity index (χ2n) is 5.77. The third-order valence-electron chi connectivity index (χ3n) is 3.92. The van der Waals surface area contributed by atoms with Crippen molar-refractivity contribution in [3.63, 3.8) is 0 Å². The lowest BCUT2D eigenvalue weighted by atomic mass is 10.1. The van der Waals surface area contributed by atoms with Crippen LogP contribution in [0.15, 0.2) is 24.3 Å². The number of carbonyl (C=O) groups excluding carboxylic acids is 1. The van der Waals surface area contributed by atoms with E-state index in [-0.39, 0.29) is 24.4 Å². The van der Waals surface area contributed by atoms with E-state index in [9.17, 15) is 18.0 Å². The molecule has 1 fully saturated rings. The van der Waals surface area contributed by atoms with E-state index < -0.39 is 11.7 Å². The molecule has 1 aromatic carbocycles. The molecule has 25 heavy (non-hydrogen) atoms. The number of nitrogens with zero attached hydrogens (tertiary/aromatic N) is 1. The molecule has 5 nitrogen and oxygen atoms in total. The quantitative estimate of drug-likeness (QED) is 0.701. The van der Waals surface area contributed by atoms with Gasteiger partial charge in [0.25, 0.3) is 0 Å². The van der Waals surface area contributed by atoms with Crippen molar-refractivity contribution in [1.82, 2.24) is 4.90 Å². The Balaban J connectivity index is 1.78. The van der Waals surface area contributed by atoms with Gasteiger partial charge in [-0.2, -0.15) is 13.2 Å². The molecule has 1 heterocycles. The summed E-state index contributed by atoms with van der Waals surface area (Å²) in [6, 6.07) is 4.85. The Morgan fingerprint density at radius 1 is 1.24 bits per heavy atom. The summed E-state index contributed by atoms with van der Waals surface area (Å²) in [6.07, 6.45) is -3.46. The molecule has 1 aliphatic heterocycles. The first kappa shape index (κ1) is 19.5. The molecule has 2 rings (SSSR count). The third kappa shape index (κ3) is 6.21. The van der Waals surface area contributed by atoms with E-state index in [0.29, 0.717) is 39.1 Å². The first-order valence-corrected chi connectivity index (χ1v) is 8.08. The van der Waals surface area contributed by atoms with Crippen LogP contribution in [0.3, 0.4) is 0 Å². The van der Waals surface area contributed by atoms with Gasteiger partial charge in [-0.25, -0.2) is 0 Å². The smallest absolute Gasteiger partial charge is 0.416 e. The fourth-order valence-electron chi connectivity index (χ4n) is 2.55. The Morgan fingerprint density at radius 2 is 1.96 bits per heavy atom. The molecular weight excluding hydrogens is 339 g/mol. The van der Waals surface area contributed by atoms with Crippen molar-refractivity contribution in [1.29, 1.82) is 0 Å². The van der Waals surface area contributed by atoms with Crippen molar-refractivity contribution in [2.45, 2.75) is 25.1 Å². The lowest BCUT2D eigenvalue weighted by molar-refractivity contribution is -0.139. The monoisotopic (exact) mass is 361 g/mol. The van der Waals surface area contributed by atoms with Crippen molar-refractivity contribution in [3.8, 4) is 5.75 Å². The molecule has 0 atom stereocenters. The first-order chi connectivity index (χ1) is 11.9. The topological polar surface area (TPSA) is 48.0 Å². The Labute approximate surface area is 144 Å². The summed E-state index contributed by atoms with van der Waals surface area (Å²) in [5.74, 6) is 0.0936. The Hall–Kier alpha value is -1.80. The van der Waals surface area contributed by atoms with Crippen molar-refractivity contribution in [3.05, 3.63) is 29.8 Å². The minimum absolute atomic E-state index is 0.00249. The van der Waals surface area contributed by atoms with Gasteiger partial charge >= 0.3 is 6.18 Å². The van der Waals surface area contributed by atoms with E-state index in [2.05, 4.69) is 0 Å². The van der Waals surface area contributed by atoms with Crippen LogP contribution in [0.4, 0.5) is 13.2 Å². The number of alkyl halides is 3. The maximum Gasteiger partial charge on any atom is 0.416 e. The summed E-state index contributed by atoms with van der Waals surface area (Å²) in [5.41, 5.74) is -0.731. The summed E-state index contributed by atoms with van der Waals surface area (Å²) < 4.78 is 53.8. The number of hydrogen-bond donors (Lipinski definition) is 0. The van der Waals surface area contributed by atoms with Crippen molar-refractivity contribution in [2.24, 2.45) is 0 Å². The van der Waals surface area contributed by atoms with E-state index in [1.807, 2.05) is 0 Å². The number of hydrogen-bond acceptors (Lipinski definition) is 4. The SMILES string of the molecule is COCCOCC(=O)N1CCC(Oc2cccc(C(F)(F)F)c2)CC1. The predicted octanol–water partition coefficient (Wildman–Crippen LogP) is 2.74. The van der Waals surface area contributed by atoms with Crippen LogP contribution in [-0.4, -0.2) is 56.9 Å². The molecule has 1 saturated heterocycles. The lowest BCUT2D eigenvalue weighted by Crippen LogP contribution is -2.43. The van der Waals surface area contributed by atoms with Gasteiger partial charge in [-0.15, -0.1) is 0 Å². The standard InChI is InChI=1S/C17H22F3NO4/c1-23-9-10-24-12-16(22)21-7-5-14(6-8-21)25-15-4-2-3-13(11-15)17(18,19)20/h2-4,11,14H,5-10,12H2,1H3. The van der Waals surface area contributed by atoms with Crippen LogP contribution in [0.1, 0.15) is 18.4 Å². The molecule has 1 aliphatic rings. The lowest BCUT2D eigenvalue weighted by Gasteiger charge is -2.32. The number of amides is 1. The molecule has 0 aliphatic carbocycles. The number of piperidine rings is 1. The highest BCUT2D eigenvalue weighted by molar-refractivity contribution is 5.77. The maximum atomic E-state index is 12.7. The van der Waals surface area contributed by atoms with Gasteiger partial charge < -0.3 is 19.1 Å². The number of rotatable bonds is 7. The normalized spacial score (nSPS) is 16.1. The van der Waals surface area contributed by atoms with E-state index in [0.717, 1.165) is 12.1 Å². The molecule has 0 spiro atoms. The largest absolute Gasteiger partial charge is 0.490 e. The summed E-state index contributed by atoms with van der Waals surface area (Å²) in [4.78, 5) is 13.7. The maximum absolute atomic E-state index is 12.7. The highest BCUT2D eigenvalue weighted by Crippen LogP contribution is 2.32. The fourth-order valence-corrected chi connectivity index (χ4v) is 2.55. The van der Waals surface area contributed by atoms with E-state index in [1.54, 1.807) is 12.0 Å². The zero-order valence-electron chi connectivity index (χ0n) is 14.1. The van der Waals surface area contributed by atoms with Gasteiger partial charge in [0.05, 0.1) is 18.8 Å². The average molecular weight is 361 g/mol. The number of carbonyl (C=O) groups is 1. The molecule has 0 saturated carbocycles. The van der Waals surface area contributed by atoms with Gasteiger partial charge in [-0.3, -0.25) is 4.79 Å². The van der Waals surface area contributed by atoms with Gasteiger partial charge in [-0.05, 0) is 18.2 Å². The predicted molar refractivity (Wildman–Crippen MR) is 84.4 cm³/mol. The summed E-state index contributed by atoms with van der Waals surface area (Å²) in [7, 11) is 1.56. The molecule has 0 bridgehead atoms. The second-order valence-corrected chi connectivity index (χ2v) is 5.77. The molecular formula is C17H22F3NO4. The van der Waals surface area contributed by atoms with Crippen molar-refractivity contribution >= 4 is 5.91 Å². The number of ether oxygens (including phenoxy) is 3. The van der Waals surface area contributed by atoms with Crippen LogP contribution >= 0.6 is 0 Å². The fraction of sp³-hybridized carbons (Fsp3) is 0.588. The van der Waals surface area contributed by atoms with Crippen molar-refractivity contribution in [2.75, 3.05) is 40.0 Å². The summed E-state index contributed by atoms with van der Waals surface area (Å²) in [6.45, 7) is 1.78. The minimum atomic E-state index is -4.39. The Kier molecular flexibility index (Phi) is 7.07. The highest BCUT2D eigenvalue weighted by Gasteiger charge is 2.31. The van der Waals surface area contributed by atoms with Gasteiger partial charge in [0.2, 0.25) is 5.91 Å². The van der Waals surface area contributed by atoms with E-state index in [4.69, 9.17) is 14.2 Å². The van der Waals surface area contributed by atoms with Gasteiger partial charge in [0.1, 0.15) is 18.5 Å². The van der Waals surface area contributed by atoms with E-state index >= 15 is 0 Å². The number of halogens is 3. The molecule has 0 N–H and O–H groups in total. The summed E-state index contributed by atoms with van der Waals surface area (Å²) >= 11 is 0. The Bertz CT molecular complexity index is 557. The molecule has 8 heteroatoms. The van der Waals surface area contributed by atoms with Crippen molar-refractivity contribution < 1.29 is 32.2 Å². The number of benzene rings is 1. The van der Waals surface area contributed by atoms with Crippen LogP contribution in [0.5, 0.6) is 5.75 Å². The Morgan fingerprint density at radius 3 is 2.60 bits per heavy atom. The van der Waals surface area contributed by atoms with Gasteiger partial charge in [0, 0.05) is 33.0 Å². The minimum Gasteiger partial charge on any atom is -0.490 e. The van der Waals surface area contributed by atoms with Crippen LogP contribution in [0, 0.1) is 0 Å². The zero-order chi connectivity index (χ0) is 18.3. The van der Waals surface area contributed by atoms with Gasteiger partial charge in [0.15, 0.2) is 0 Å². The van der Waals surface area contributed by atoms with Gasteiger partial charge in [-0.1, -0.05) is 6.07 Å². The highest BCUT2D eigenvalue weighted by atomic mass is 19.4. The van der Waals surface area contributed by atoms with Crippen LogP contribution in [0.25, 0.3) is 0 Å². The molecule has 0 aromatic heterocycles. The van der Waals surface area contributed by atoms with Crippen LogP contribution in [-0.2, 0) is 20.4 Å². The van der Waals surface area contributed by atoms with E-state index in [1.165, 1.54) is 12.1 Å². The number of methoxy groups -OCH3 is 1. The first-order valence-electron chi connectivity index (χ1n) is 8.08. The number of likely N-dealkylation sites (tertiary alicyclic amines) is 1. The second kappa shape index (κ2) is 9.05. The van der Waals surface area contributed by atoms with Crippen LogP contribution < -0.4 is 4.74 Å². The average Bonchev–Trinajstić information content (AvgIpc) is 2.59. The third-order valence-corrected chi connectivity index (χ3v) is 3.92.